The van der Waals surface area contributed by atoms with E-state index < -0.39 is 0 Å². The highest BCUT2D eigenvalue weighted by Gasteiger charge is 2.18. The van der Waals surface area contributed by atoms with E-state index in [0.717, 1.165) is 36.6 Å². The molecule has 1 aliphatic heterocycles. The van der Waals surface area contributed by atoms with Gasteiger partial charge in [-0.3, -0.25) is 4.79 Å². The van der Waals surface area contributed by atoms with Crippen molar-refractivity contribution in [3.05, 3.63) is 66.0 Å². The first-order chi connectivity index (χ1) is 13.2. The molecule has 0 spiro atoms. The van der Waals surface area contributed by atoms with Gasteiger partial charge in [-0.15, -0.1) is 0 Å². The van der Waals surface area contributed by atoms with Crippen molar-refractivity contribution in [3.8, 4) is 11.4 Å². The van der Waals surface area contributed by atoms with Crippen LogP contribution in [0.4, 0.5) is 11.4 Å². The van der Waals surface area contributed by atoms with Crippen LogP contribution in [0.3, 0.4) is 0 Å². The molecule has 6 heteroatoms. The molecule has 1 N–H and O–H groups in total. The maximum absolute atomic E-state index is 12.6. The molecular formula is C21H22N4O2. The zero-order chi connectivity index (χ0) is 18.8. The molecule has 0 radical (unpaired) electrons. The fourth-order valence-electron chi connectivity index (χ4n) is 3.37. The van der Waals surface area contributed by atoms with Crippen molar-refractivity contribution in [1.29, 1.82) is 0 Å². The average Bonchev–Trinajstić information content (AvgIpc) is 3.35. The summed E-state index contributed by atoms with van der Waals surface area (Å²) in [6.07, 6.45) is 2.84. The molecule has 1 aromatic heterocycles. The van der Waals surface area contributed by atoms with Crippen LogP contribution < -0.4 is 15.0 Å². The lowest BCUT2D eigenvalue weighted by Gasteiger charge is -2.17. The van der Waals surface area contributed by atoms with Gasteiger partial charge in [-0.25, -0.2) is 4.68 Å². The van der Waals surface area contributed by atoms with Crippen molar-refractivity contribution in [2.24, 2.45) is 0 Å². The molecule has 3 aromatic rings. The Hall–Kier alpha value is -3.28. The number of hydrogen-bond acceptors (Lipinski definition) is 4. The summed E-state index contributed by atoms with van der Waals surface area (Å²) in [6.45, 7) is 4.15. The van der Waals surface area contributed by atoms with E-state index in [9.17, 15) is 4.79 Å². The molecule has 2 aromatic carbocycles. The number of rotatable bonds is 5. The van der Waals surface area contributed by atoms with E-state index in [0.29, 0.717) is 5.69 Å². The molecular weight excluding hydrogens is 340 g/mol. The third kappa shape index (κ3) is 3.38. The number of amides is 1. The van der Waals surface area contributed by atoms with Crippen LogP contribution in [0, 0.1) is 0 Å². The van der Waals surface area contributed by atoms with Crippen LogP contribution >= 0.6 is 0 Å². The van der Waals surface area contributed by atoms with Gasteiger partial charge >= 0.3 is 0 Å². The minimum Gasteiger partial charge on any atom is -0.497 e. The molecule has 138 valence electrons. The summed E-state index contributed by atoms with van der Waals surface area (Å²) < 4.78 is 6.84. The molecule has 0 saturated heterocycles. The Morgan fingerprint density at radius 1 is 1.19 bits per heavy atom. The number of ether oxygens (including phenoxy) is 1. The molecule has 2 heterocycles. The van der Waals surface area contributed by atoms with Gasteiger partial charge < -0.3 is 15.0 Å². The van der Waals surface area contributed by atoms with Crippen LogP contribution in [0.1, 0.15) is 23.0 Å². The molecule has 1 aliphatic rings. The molecule has 0 fully saturated rings. The number of nitrogens with zero attached hydrogens (tertiary/aromatic N) is 3. The quantitative estimate of drug-likeness (QED) is 0.754. The Labute approximate surface area is 158 Å². The Morgan fingerprint density at radius 3 is 2.74 bits per heavy atom. The molecule has 0 saturated carbocycles. The minimum atomic E-state index is -0.219. The molecule has 0 bridgehead atoms. The fraction of sp³-hybridized carbons (Fsp3) is 0.238. The summed E-state index contributed by atoms with van der Waals surface area (Å²) in [5, 5.41) is 7.34. The van der Waals surface area contributed by atoms with E-state index in [1.807, 2.05) is 36.4 Å². The van der Waals surface area contributed by atoms with Crippen molar-refractivity contribution < 1.29 is 9.53 Å². The van der Waals surface area contributed by atoms with E-state index in [1.54, 1.807) is 24.1 Å². The summed E-state index contributed by atoms with van der Waals surface area (Å²) in [6, 6.07) is 15.3. The van der Waals surface area contributed by atoms with Crippen LogP contribution in [-0.2, 0) is 6.42 Å². The van der Waals surface area contributed by atoms with Gasteiger partial charge in [0.1, 0.15) is 5.75 Å². The van der Waals surface area contributed by atoms with Gasteiger partial charge in [0.2, 0.25) is 0 Å². The molecule has 27 heavy (non-hydrogen) atoms. The number of benzene rings is 2. The topological polar surface area (TPSA) is 59.4 Å². The van der Waals surface area contributed by atoms with Crippen LogP contribution in [0.15, 0.2) is 54.7 Å². The highest BCUT2D eigenvalue weighted by Crippen LogP contribution is 2.30. The first kappa shape index (κ1) is 17.1. The second kappa shape index (κ2) is 7.15. The Bertz CT molecular complexity index is 963. The number of anilines is 2. The first-order valence-electron chi connectivity index (χ1n) is 9.07. The Kier molecular flexibility index (Phi) is 4.54. The number of carbonyl (C=O) groups is 1. The maximum Gasteiger partial charge on any atom is 0.276 e. The Morgan fingerprint density at radius 2 is 2.00 bits per heavy atom. The van der Waals surface area contributed by atoms with E-state index in [1.165, 1.54) is 11.3 Å². The van der Waals surface area contributed by atoms with Crippen molar-refractivity contribution in [2.45, 2.75) is 13.3 Å². The number of fused-ring (bicyclic) bond motifs is 1. The van der Waals surface area contributed by atoms with Crippen LogP contribution in [0.5, 0.6) is 5.75 Å². The van der Waals surface area contributed by atoms with Crippen molar-refractivity contribution in [3.63, 3.8) is 0 Å². The monoisotopic (exact) mass is 362 g/mol. The van der Waals surface area contributed by atoms with Gasteiger partial charge in [0, 0.05) is 30.7 Å². The predicted molar refractivity (Wildman–Crippen MR) is 106 cm³/mol. The summed E-state index contributed by atoms with van der Waals surface area (Å²) in [4.78, 5) is 14.9. The van der Waals surface area contributed by atoms with Gasteiger partial charge in [0.15, 0.2) is 5.69 Å². The van der Waals surface area contributed by atoms with Gasteiger partial charge in [-0.2, -0.15) is 5.10 Å². The smallest absolute Gasteiger partial charge is 0.276 e. The summed E-state index contributed by atoms with van der Waals surface area (Å²) >= 11 is 0. The van der Waals surface area contributed by atoms with Gasteiger partial charge in [0.25, 0.3) is 5.91 Å². The van der Waals surface area contributed by atoms with Crippen molar-refractivity contribution in [2.75, 3.05) is 30.4 Å². The molecule has 1 amide bonds. The number of carbonyl (C=O) groups excluding carboxylic acids is 1. The molecule has 6 nitrogen and oxygen atoms in total. The molecule has 0 unspecified atom stereocenters. The van der Waals surface area contributed by atoms with Gasteiger partial charge in [0.05, 0.1) is 12.8 Å². The summed E-state index contributed by atoms with van der Waals surface area (Å²) in [7, 11) is 1.63. The second-order valence-corrected chi connectivity index (χ2v) is 6.47. The van der Waals surface area contributed by atoms with Gasteiger partial charge in [-0.1, -0.05) is 6.07 Å². The lowest BCUT2D eigenvalue weighted by molar-refractivity contribution is 0.102. The van der Waals surface area contributed by atoms with Crippen molar-refractivity contribution in [1.82, 2.24) is 9.78 Å². The summed E-state index contributed by atoms with van der Waals surface area (Å²) in [5.74, 6) is 0.560. The van der Waals surface area contributed by atoms with Crippen LogP contribution in [0.2, 0.25) is 0 Å². The SMILES string of the molecule is CCN1CCc2ccc(NC(=O)c3ccn(-c4ccc(OC)cc4)n3)cc21. The third-order valence-corrected chi connectivity index (χ3v) is 4.88. The number of hydrogen-bond donors (Lipinski definition) is 1. The van der Waals surface area contributed by atoms with E-state index in [2.05, 4.69) is 28.3 Å². The minimum absolute atomic E-state index is 0.219. The van der Waals surface area contributed by atoms with Gasteiger partial charge in [-0.05, 0) is 61.4 Å². The zero-order valence-corrected chi connectivity index (χ0v) is 15.5. The highest BCUT2D eigenvalue weighted by atomic mass is 16.5. The highest BCUT2D eigenvalue weighted by molar-refractivity contribution is 6.03. The second-order valence-electron chi connectivity index (χ2n) is 6.47. The van der Waals surface area contributed by atoms with E-state index >= 15 is 0 Å². The average molecular weight is 362 g/mol. The standard InChI is InChI=1S/C21H22N4O2/c1-3-24-12-10-15-4-5-16(14-20(15)24)22-21(26)19-11-13-25(23-19)17-6-8-18(27-2)9-7-17/h4-9,11,13-14H,3,10,12H2,1-2H3,(H,22,26). The molecule has 0 aliphatic carbocycles. The van der Waals surface area contributed by atoms with E-state index in [4.69, 9.17) is 4.74 Å². The summed E-state index contributed by atoms with van der Waals surface area (Å²) in [5.41, 5.74) is 4.57. The predicted octanol–water partition coefficient (Wildman–Crippen LogP) is 3.52. The first-order valence-corrected chi connectivity index (χ1v) is 9.07. The lowest BCUT2D eigenvalue weighted by Crippen LogP contribution is -2.19. The number of aromatic nitrogens is 2. The fourth-order valence-corrected chi connectivity index (χ4v) is 3.37. The zero-order valence-electron chi connectivity index (χ0n) is 15.5. The third-order valence-electron chi connectivity index (χ3n) is 4.88. The maximum atomic E-state index is 12.6. The number of nitrogens with one attached hydrogen (secondary N) is 1. The normalized spacial score (nSPS) is 12.7. The van der Waals surface area contributed by atoms with Crippen LogP contribution in [0.25, 0.3) is 5.69 Å². The van der Waals surface area contributed by atoms with Crippen LogP contribution in [-0.4, -0.2) is 35.9 Å². The molecule has 4 rings (SSSR count). The van der Waals surface area contributed by atoms with Crippen molar-refractivity contribution >= 4 is 17.3 Å². The largest absolute Gasteiger partial charge is 0.497 e. The Balaban J connectivity index is 1.50. The van der Waals surface area contributed by atoms with E-state index in [-0.39, 0.29) is 5.91 Å². The number of likely N-dealkylation sites (N-methyl/N-ethyl adjacent to an activating group) is 1. The lowest BCUT2D eigenvalue weighted by atomic mass is 10.1. The number of methoxy groups -OCH3 is 1. The molecule has 0 atom stereocenters.